The fraction of sp³-hybridized carbons (Fsp3) is 0.0714. The predicted octanol–water partition coefficient (Wildman–Crippen LogP) is 5.73. The van der Waals surface area contributed by atoms with Gasteiger partial charge < -0.3 is 0 Å². The summed E-state index contributed by atoms with van der Waals surface area (Å²) >= 11 is 16.6. The van der Waals surface area contributed by atoms with Crippen molar-refractivity contribution in [1.29, 1.82) is 0 Å². The Balaban J connectivity index is 2.02. The quantitative estimate of drug-likeness (QED) is 0.501. The molecule has 0 fully saturated rings. The van der Waals surface area contributed by atoms with Gasteiger partial charge in [-0.1, -0.05) is 51.3 Å². The van der Waals surface area contributed by atoms with E-state index in [0.717, 1.165) is 9.37 Å². The van der Waals surface area contributed by atoms with Gasteiger partial charge in [0.15, 0.2) is 5.78 Å². The maximum absolute atomic E-state index is 12.0. The molecular formula is C14H9BrCl2OS. The molecule has 0 amide bonds. The van der Waals surface area contributed by atoms with Crippen LogP contribution >= 0.6 is 50.9 Å². The van der Waals surface area contributed by atoms with Crippen LogP contribution in [0.5, 0.6) is 0 Å². The van der Waals surface area contributed by atoms with E-state index in [1.54, 1.807) is 30.3 Å². The number of carbonyl (C=O) groups excluding carboxylic acids is 1. The molecule has 0 atom stereocenters. The highest BCUT2D eigenvalue weighted by Gasteiger charge is 2.07. The van der Waals surface area contributed by atoms with Crippen molar-refractivity contribution in [2.45, 2.75) is 4.90 Å². The van der Waals surface area contributed by atoms with E-state index in [2.05, 4.69) is 15.9 Å². The molecule has 0 spiro atoms. The van der Waals surface area contributed by atoms with Crippen molar-refractivity contribution in [2.75, 3.05) is 5.75 Å². The zero-order chi connectivity index (χ0) is 13.8. The molecule has 19 heavy (non-hydrogen) atoms. The lowest BCUT2D eigenvalue weighted by atomic mass is 10.2. The van der Waals surface area contributed by atoms with Crippen LogP contribution in [-0.2, 0) is 0 Å². The van der Waals surface area contributed by atoms with Crippen molar-refractivity contribution in [3.63, 3.8) is 0 Å². The van der Waals surface area contributed by atoms with Gasteiger partial charge in [0.25, 0.3) is 0 Å². The van der Waals surface area contributed by atoms with Gasteiger partial charge in [-0.15, -0.1) is 11.8 Å². The molecule has 5 heteroatoms. The Morgan fingerprint density at radius 1 is 1.05 bits per heavy atom. The molecule has 2 aromatic carbocycles. The van der Waals surface area contributed by atoms with Crippen LogP contribution in [0.2, 0.25) is 10.0 Å². The molecule has 0 aromatic heterocycles. The van der Waals surface area contributed by atoms with Crippen LogP contribution in [0.4, 0.5) is 0 Å². The van der Waals surface area contributed by atoms with Gasteiger partial charge in [0.1, 0.15) is 0 Å². The molecule has 0 saturated carbocycles. The first-order valence-corrected chi connectivity index (χ1v) is 7.96. The highest BCUT2D eigenvalue weighted by molar-refractivity contribution is 9.10. The summed E-state index contributed by atoms with van der Waals surface area (Å²) in [5.41, 5.74) is 0.698. The second-order valence-electron chi connectivity index (χ2n) is 3.82. The molecule has 0 aliphatic rings. The lowest BCUT2D eigenvalue weighted by molar-refractivity contribution is 0.102. The van der Waals surface area contributed by atoms with E-state index in [-0.39, 0.29) is 5.78 Å². The number of rotatable bonds is 4. The number of hydrogen-bond donors (Lipinski definition) is 0. The maximum Gasteiger partial charge on any atom is 0.173 e. The summed E-state index contributed by atoms with van der Waals surface area (Å²) in [6, 6.07) is 12.6. The monoisotopic (exact) mass is 374 g/mol. The summed E-state index contributed by atoms with van der Waals surface area (Å²) in [5.74, 6) is 0.437. The van der Waals surface area contributed by atoms with Crippen LogP contribution in [0.3, 0.4) is 0 Å². The number of carbonyl (C=O) groups is 1. The van der Waals surface area contributed by atoms with Gasteiger partial charge in [-0.2, -0.15) is 0 Å². The lowest BCUT2D eigenvalue weighted by Crippen LogP contribution is -2.01. The van der Waals surface area contributed by atoms with Crippen LogP contribution in [0.25, 0.3) is 0 Å². The molecule has 0 unspecified atom stereocenters. The Bertz CT molecular complexity index is 579. The second kappa shape index (κ2) is 6.80. The van der Waals surface area contributed by atoms with Crippen molar-refractivity contribution in [3.8, 4) is 0 Å². The molecule has 0 heterocycles. The van der Waals surface area contributed by atoms with E-state index < -0.39 is 0 Å². The van der Waals surface area contributed by atoms with Crippen LogP contribution < -0.4 is 0 Å². The topological polar surface area (TPSA) is 17.1 Å². The molecule has 0 bridgehead atoms. The SMILES string of the molecule is O=C(CSc1cc(Cl)cc(Cl)c1)c1ccc(Br)cc1. The third kappa shape index (κ3) is 4.53. The summed E-state index contributed by atoms with van der Waals surface area (Å²) in [4.78, 5) is 12.9. The van der Waals surface area contributed by atoms with Gasteiger partial charge in [-0.05, 0) is 30.3 Å². The number of ketones is 1. The molecule has 98 valence electrons. The summed E-state index contributed by atoms with van der Waals surface area (Å²) in [7, 11) is 0. The molecule has 2 aromatic rings. The number of benzene rings is 2. The lowest BCUT2D eigenvalue weighted by Gasteiger charge is -2.03. The van der Waals surface area contributed by atoms with Crippen molar-refractivity contribution >= 4 is 56.7 Å². The van der Waals surface area contributed by atoms with Crippen molar-refractivity contribution in [2.24, 2.45) is 0 Å². The molecule has 1 nitrogen and oxygen atoms in total. The van der Waals surface area contributed by atoms with E-state index >= 15 is 0 Å². The highest BCUT2D eigenvalue weighted by Crippen LogP contribution is 2.27. The van der Waals surface area contributed by atoms with E-state index in [4.69, 9.17) is 23.2 Å². The van der Waals surface area contributed by atoms with Gasteiger partial charge in [0.2, 0.25) is 0 Å². The minimum Gasteiger partial charge on any atom is -0.293 e. The van der Waals surface area contributed by atoms with Gasteiger partial charge in [0, 0.05) is 25.0 Å². The molecule has 0 aliphatic carbocycles. The Labute approximate surface area is 134 Å². The van der Waals surface area contributed by atoms with Gasteiger partial charge in [-0.3, -0.25) is 4.79 Å². The highest BCUT2D eigenvalue weighted by atomic mass is 79.9. The normalized spacial score (nSPS) is 10.5. The zero-order valence-corrected chi connectivity index (χ0v) is 13.6. The number of halogens is 3. The minimum atomic E-state index is 0.0774. The summed E-state index contributed by atoms with van der Waals surface area (Å²) in [6.07, 6.45) is 0. The molecule has 0 N–H and O–H groups in total. The zero-order valence-electron chi connectivity index (χ0n) is 9.70. The summed E-state index contributed by atoms with van der Waals surface area (Å²) < 4.78 is 0.957. The predicted molar refractivity (Wildman–Crippen MR) is 85.7 cm³/mol. The third-order valence-electron chi connectivity index (χ3n) is 2.37. The van der Waals surface area contributed by atoms with Crippen LogP contribution in [0.15, 0.2) is 51.8 Å². The number of thioether (sulfide) groups is 1. The van der Waals surface area contributed by atoms with Crippen molar-refractivity contribution < 1.29 is 4.79 Å². The first-order valence-electron chi connectivity index (χ1n) is 5.42. The van der Waals surface area contributed by atoms with Gasteiger partial charge in [-0.25, -0.2) is 0 Å². The molecule has 0 saturated heterocycles. The number of hydrogen-bond acceptors (Lipinski definition) is 2. The largest absolute Gasteiger partial charge is 0.293 e. The van der Waals surface area contributed by atoms with E-state index in [1.807, 2.05) is 12.1 Å². The van der Waals surface area contributed by atoms with Gasteiger partial charge in [0.05, 0.1) is 5.75 Å². The molecule has 2 rings (SSSR count). The first-order chi connectivity index (χ1) is 9.04. The van der Waals surface area contributed by atoms with Crippen LogP contribution in [-0.4, -0.2) is 11.5 Å². The second-order valence-corrected chi connectivity index (χ2v) is 6.66. The Morgan fingerprint density at radius 2 is 1.63 bits per heavy atom. The fourth-order valence-corrected chi connectivity index (χ4v) is 3.28. The maximum atomic E-state index is 12.0. The molecule has 0 radical (unpaired) electrons. The van der Waals surface area contributed by atoms with E-state index in [9.17, 15) is 4.79 Å². The standard InChI is InChI=1S/C14H9BrCl2OS/c15-10-3-1-9(2-4-10)14(18)8-19-13-6-11(16)5-12(17)7-13/h1-7H,8H2. The molecular weight excluding hydrogens is 367 g/mol. The average molecular weight is 376 g/mol. The Kier molecular flexibility index (Phi) is 5.34. The van der Waals surface area contributed by atoms with E-state index in [1.165, 1.54) is 11.8 Å². The smallest absolute Gasteiger partial charge is 0.173 e. The first kappa shape index (κ1) is 14.9. The Hall–Kier alpha value is -0.480. The number of Topliss-reactive ketones (excluding diaryl/α,β-unsaturated/α-hetero) is 1. The Morgan fingerprint density at radius 3 is 2.21 bits per heavy atom. The van der Waals surface area contributed by atoms with Gasteiger partial charge >= 0.3 is 0 Å². The summed E-state index contributed by atoms with van der Waals surface area (Å²) in [6.45, 7) is 0. The summed E-state index contributed by atoms with van der Waals surface area (Å²) in [5, 5.41) is 1.15. The fourth-order valence-electron chi connectivity index (χ4n) is 1.48. The van der Waals surface area contributed by atoms with Crippen LogP contribution in [0.1, 0.15) is 10.4 Å². The van der Waals surface area contributed by atoms with E-state index in [0.29, 0.717) is 21.4 Å². The molecule has 0 aliphatic heterocycles. The van der Waals surface area contributed by atoms with Crippen LogP contribution in [0, 0.1) is 0 Å². The van der Waals surface area contributed by atoms with Crippen molar-refractivity contribution in [3.05, 3.63) is 62.5 Å². The third-order valence-corrected chi connectivity index (χ3v) is 4.31. The average Bonchev–Trinajstić information content (AvgIpc) is 2.36. The minimum absolute atomic E-state index is 0.0774. The van der Waals surface area contributed by atoms with Crippen molar-refractivity contribution in [1.82, 2.24) is 0 Å².